The predicted molar refractivity (Wildman–Crippen MR) is 41.5 cm³/mol. The Hall–Kier alpha value is -0.290. The lowest BCUT2D eigenvalue weighted by Gasteiger charge is -1.89. The summed E-state index contributed by atoms with van der Waals surface area (Å²) < 4.78 is 15.0. The van der Waals surface area contributed by atoms with Gasteiger partial charge >= 0.3 is 0 Å². The van der Waals surface area contributed by atoms with Crippen LogP contribution in [0.2, 0.25) is 0 Å². The van der Waals surface area contributed by atoms with Gasteiger partial charge in [0.05, 0.1) is 10.8 Å². The average molecular weight is 176 g/mol. The molecule has 1 heterocycles. The van der Waals surface area contributed by atoms with Gasteiger partial charge in [0.2, 0.25) is 5.16 Å². The fraction of sp³-hybridized carbons (Fsp3) is 0.600. The first kappa shape index (κ1) is 7.81. The molecule has 5 heteroatoms. The van der Waals surface area contributed by atoms with E-state index in [1.165, 1.54) is 11.5 Å². The van der Waals surface area contributed by atoms with E-state index in [0.717, 1.165) is 6.42 Å². The molecule has 0 saturated heterocycles. The molecule has 1 atom stereocenters. The van der Waals surface area contributed by atoms with Crippen LogP contribution in [0.3, 0.4) is 0 Å². The molecule has 0 spiro atoms. The topological polar surface area (TPSA) is 42.9 Å². The minimum absolute atomic E-state index is 0.479. The number of hydrogen-bond acceptors (Lipinski definition) is 4. The van der Waals surface area contributed by atoms with E-state index in [1.54, 1.807) is 5.51 Å². The van der Waals surface area contributed by atoms with Gasteiger partial charge in [-0.25, -0.2) is 4.98 Å². The molecule has 0 aromatic carbocycles. The van der Waals surface area contributed by atoms with Crippen molar-refractivity contribution in [2.45, 2.75) is 18.5 Å². The lowest BCUT2D eigenvalue weighted by Crippen LogP contribution is -1.97. The monoisotopic (exact) mass is 176 g/mol. The molecular weight excluding hydrogens is 168 g/mol. The summed E-state index contributed by atoms with van der Waals surface area (Å²) in [4.78, 5) is 3.84. The normalized spacial score (nSPS) is 13.3. The van der Waals surface area contributed by atoms with Gasteiger partial charge < -0.3 is 0 Å². The van der Waals surface area contributed by atoms with Crippen LogP contribution in [-0.4, -0.2) is 19.3 Å². The van der Waals surface area contributed by atoms with Crippen molar-refractivity contribution in [3.8, 4) is 0 Å². The van der Waals surface area contributed by atoms with Crippen molar-refractivity contribution < 1.29 is 4.21 Å². The van der Waals surface area contributed by atoms with E-state index in [0.29, 0.717) is 10.9 Å². The highest BCUT2D eigenvalue weighted by atomic mass is 32.2. The summed E-state index contributed by atoms with van der Waals surface area (Å²) in [5, 5.41) is 0.479. The maximum Gasteiger partial charge on any atom is 0.230 e. The van der Waals surface area contributed by atoms with Crippen molar-refractivity contribution in [3.05, 3.63) is 5.51 Å². The summed E-state index contributed by atoms with van der Waals surface area (Å²) in [6.45, 7) is 1.99. The van der Waals surface area contributed by atoms with Crippen molar-refractivity contribution in [1.82, 2.24) is 9.36 Å². The molecule has 0 aliphatic carbocycles. The third-order valence-corrected chi connectivity index (χ3v) is 2.91. The smallest absolute Gasteiger partial charge is 0.230 e. The molecule has 3 nitrogen and oxygen atoms in total. The number of nitrogens with zero attached hydrogens (tertiary/aromatic N) is 2. The van der Waals surface area contributed by atoms with E-state index >= 15 is 0 Å². The maximum absolute atomic E-state index is 11.1. The lowest BCUT2D eigenvalue weighted by atomic mass is 10.6. The Balaban J connectivity index is 2.59. The molecule has 0 aliphatic rings. The van der Waals surface area contributed by atoms with Crippen molar-refractivity contribution in [2.75, 3.05) is 5.75 Å². The summed E-state index contributed by atoms with van der Waals surface area (Å²) in [5.74, 6) is 0.663. The molecule has 0 aliphatic heterocycles. The number of hydrogen-bond donors (Lipinski definition) is 0. The highest BCUT2D eigenvalue weighted by Gasteiger charge is 2.04. The molecular formula is C5H8N2OS2. The van der Waals surface area contributed by atoms with Crippen LogP contribution in [0.25, 0.3) is 0 Å². The minimum Gasteiger partial charge on any atom is -0.251 e. The molecule has 0 N–H and O–H groups in total. The van der Waals surface area contributed by atoms with Crippen LogP contribution in [0.1, 0.15) is 13.3 Å². The molecule has 0 saturated carbocycles. The standard InChI is InChI=1S/C5H8N2OS2/c1-2-3-10(8)5-6-4-9-7-5/h4H,2-3H2,1H3. The first-order valence-corrected chi connectivity index (χ1v) is 5.15. The zero-order chi connectivity index (χ0) is 7.40. The Bertz CT molecular complexity index is 209. The Morgan fingerprint density at radius 2 is 2.60 bits per heavy atom. The average Bonchev–Trinajstić information content (AvgIpc) is 2.38. The van der Waals surface area contributed by atoms with Gasteiger partial charge in [0.15, 0.2) is 0 Å². The summed E-state index contributed by atoms with van der Waals surface area (Å²) in [6.07, 6.45) is 0.909. The Morgan fingerprint density at radius 1 is 1.80 bits per heavy atom. The zero-order valence-electron chi connectivity index (χ0n) is 5.61. The SMILES string of the molecule is CCCS(=O)c1ncsn1. The van der Waals surface area contributed by atoms with Crippen molar-refractivity contribution >= 4 is 22.3 Å². The van der Waals surface area contributed by atoms with Crippen molar-refractivity contribution in [2.24, 2.45) is 0 Å². The largest absolute Gasteiger partial charge is 0.251 e. The summed E-state index contributed by atoms with van der Waals surface area (Å²) in [5.41, 5.74) is 1.60. The minimum atomic E-state index is -0.964. The third-order valence-electron chi connectivity index (χ3n) is 0.934. The number of rotatable bonds is 3. The Morgan fingerprint density at radius 3 is 3.10 bits per heavy atom. The molecule has 0 bridgehead atoms. The molecule has 0 radical (unpaired) electrons. The zero-order valence-corrected chi connectivity index (χ0v) is 7.24. The fourth-order valence-electron chi connectivity index (χ4n) is 0.538. The summed E-state index contributed by atoms with van der Waals surface area (Å²) in [6, 6.07) is 0. The summed E-state index contributed by atoms with van der Waals surface area (Å²) in [7, 11) is -0.964. The Kier molecular flexibility index (Phi) is 2.95. The van der Waals surface area contributed by atoms with Gasteiger partial charge in [0.25, 0.3) is 0 Å². The van der Waals surface area contributed by atoms with Crippen LogP contribution in [0, 0.1) is 0 Å². The maximum atomic E-state index is 11.1. The molecule has 1 aromatic rings. The molecule has 56 valence electrons. The van der Waals surface area contributed by atoms with Gasteiger partial charge in [0.1, 0.15) is 5.51 Å². The first-order valence-electron chi connectivity index (χ1n) is 2.99. The second-order valence-electron chi connectivity index (χ2n) is 1.76. The van der Waals surface area contributed by atoms with Crippen LogP contribution in [0.5, 0.6) is 0 Å². The molecule has 0 fully saturated rings. The highest BCUT2D eigenvalue weighted by molar-refractivity contribution is 7.84. The third kappa shape index (κ3) is 1.85. The summed E-state index contributed by atoms with van der Waals surface area (Å²) >= 11 is 1.24. The fourth-order valence-corrected chi connectivity index (χ4v) is 2.12. The van der Waals surface area contributed by atoms with Gasteiger partial charge in [-0.05, 0) is 18.0 Å². The van der Waals surface area contributed by atoms with Crippen LogP contribution in [0.15, 0.2) is 10.7 Å². The molecule has 1 rings (SSSR count). The molecule has 0 amide bonds. The first-order chi connectivity index (χ1) is 4.84. The molecule has 1 aromatic heterocycles. The quantitative estimate of drug-likeness (QED) is 0.691. The van der Waals surface area contributed by atoms with E-state index in [2.05, 4.69) is 9.36 Å². The van der Waals surface area contributed by atoms with Gasteiger partial charge in [-0.15, -0.1) is 0 Å². The van der Waals surface area contributed by atoms with Crippen LogP contribution >= 0.6 is 11.5 Å². The van der Waals surface area contributed by atoms with Gasteiger partial charge in [-0.3, -0.25) is 4.21 Å². The van der Waals surface area contributed by atoms with Gasteiger partial charge in [-0.1, -0.05) is 6.92 Å². The van der Waals surface area contributed by atoms with E-state index < -0.39 is 10.8 Å². The second-order valence-corrected chi connectivity index (χ2v) is 3.83. The van der Waals surface area contributed by atoms with Crippen molar-refractivity contribution in [3.63, 3.8) is 0 Å². The molecule has 10 heavy (non-hydrogen) atoms. The second kappa shape index (κ2) is 3.78. The van der Waals surface area contributed by atoms with E-state index in [9.17, 15) is 4.21 Å². The van der Waals surface area contributed by atoms with Gasteiger partial charge in [0, 0.05) is 5.75 Å². The van der Waals surface area contributed by atoms with Crippen LogP contribution in [-0.2, 0) is 10.8 Å². The van der Waals surface area contributed by atoms with Gasteiger partial charge in [-0.2, -0.15) is 4.37 Å². The molecule has 1 unspecified atom stereocenters. The Labute approximate surface area is 66.1 Å². The van der Waals surface area contributed by atoms with E-state index in [-0.39, 0.29) is 0 Å². The van der Waals surface area contributed by atoms with E-state index in [4.69, 9.17) is 0 Å². The number of aromatic nitrogens is 2. The van der Waals surface area contributed by atoms with Crippen LogP contribution in [0.4, 0.5) is 0 Å². The van der Waals surface area contributed by atoms with Crippen LogP contribution < -0.4 is 0 Å². The predicted octanol–water partition coefficient (Wildman–Crippen LogP) is 1.06. The van der Waals surface area contributed by atoms with Crippen molar-refractivity contribution in [1.29, 1.82) is 0 Å². The highest BCUT2D eigenvalue weighted by Crippen LogP contribution is 2.01. The van der Waals surface area contributed by atoms with E-state index in [1.807, 2.05) is 6.92 Å². The lowest BCUT2D eigenvalue weighted by molar-refractivity contribution is 0.676.